The van der Waals surface area contributed by atoms with Crippen LogP contribution in [0, 0.1) is 0 Å². The quantitative estimate of drug-likeness (QED) is 0.0992. The van der Waals surface area contributed by atoms with Crippen molar-refractivity contribution in [1.29, 1.82) is 0 Å². The summed E-state index contributed by atoms with van der Waals surface area (Å²) in [5.74, 6) is 0. The van der Waals surface area contributed by atoms with Gasteiger partial charge in [0.15, 0.2) is 6.35 Å². The highest BCUT2D eigenvalue weighted by Gasteiger charge is 2.35. The van der Waals surface area contributed by atoms with E-state index in [1.165, 1.54) is 0 Å². The van der Waals surface area contributed by atoms with Gasteiger partial charge in [-0.05, 0) is 57.9 Å². The van der Waals surface area contributed by atoms with E-state index in [2.05, 4.69) is 31.3 Å². The van der Waals surface area contributed by atoms with Crippen LogP contribution in [-0.2, 0) is 19.3 Å². The lowest BCUT2D eigenvalue weighted by atomic mass is 9.93. The summed E-state index contributed by atoms with van der Waals surface area (Å²) < 4.78 is 84.0. The minimum Gasteiger partial charge on any atom is -0.598 e. The first kappa shape index (κ1) is 29.4. The fourth-order valence-corrected chi connectivity index (χ4v) is 6.57. The molecule has 7 unspecified atom stereocenters. The van der Waals surface area contributed by atoms with Gasteiger partial charge in [-0.1, -0.05) is 10.6 Å². The molecule has 1 heterocycles. The van der Waals surface area contributed by atoms with E-state index in [9.17, 15) is 26.3 Å². The lowest BCUT2D eigenvalue weighted by Crippen LogP contribution is -2.76. The lowest BCUT2D eigenvalue weighted by molar-refractivity contribution is -0.199. The Morgan fingerprint density at radius 3 is 2.43 bits per heavy atom. The van der Waals surface area contributed by atoms with Crippen LogP contribution in [-0.4, -0.2) is 72.2 Å². The summed E-state index contributed by atoms with van der Waals surface area (Å²) >= 11 is 6.04. The van der Waals surface area contributed by atoms with Crippen LogP contribution in [0.25, 0.3) is 0 Å². The minimum absolute atomic E-state index is 0.120. The van der Waals surface area contributed by atoms with Crippen molar-refractivity contribution < 1.29 is 31.1 Å². The highest BCUT2D eigenvalue weighted by molar-refractivity contribution is 7.96. The molecule has 0 radical (unpaired) electrons. The van der Waals surface area contributed by atoms with E-state index in [0.717, 1.165) is 19.3 Å². The number of alkyl halides is 5. The fourth-order valence-electron chi connectivity index (χ4n) is 4.61. The van der Waals surface area contributed by atoms with Crippen LogP contribution < -0.4 is 31.3 Å². The summed E-state index contributed by atoms with van der Waals surface area (Å²) in [5, 5.41) is 14.2. The van der Waals surface area contributed by atoms with Gasteiger partial charge < -0.3 is 9.29 Å². The Morgan fingerprint density at radius 1 is 1.03 bits per heavy atom. The van der Waals surface area contributed by atoms with E-state index >= 15 is 0 Å². The van der Waals surface area contributed by atoms with Gasteiger partial charge in [-0.2, -0.15) is 13.2 Å². The van der Waals surface area contributed by atoms with Crippen molar-refractivity contribution in [3.05, 3.63) is 0 Å². The average molecular weight is 553 g/mol. The molecule has 3 aliphatic rings. The molecule has 1 aliphatic heterocycles. The van der Waals surface area contributed by atoms with E-state index < -0.39 is 53.7 Å². The molecule has 1 saturated heterocycles. The van der Waals surface area contributed by atoms with Crippen molar-refractivity contribution in [3.8, 4) is 0 Å². The molecule has 0 aromatic heterocycles. The molecule has 206 valence electrons. The van der Waals surface area contributed by atoms with Crippen molar-refractivity contribution in [2.24, 2.45) is 0 Å². The first-order valence-corrected chi connectivity index (χ1v) is 14.2. The normalized spacial score (nSPS) is 35.0. The molecule has 0 amide bonds. The zero-order chi connectivity index (χ0) is 25.5. The molecule has 15 heteroatoms. The molecule has 0 aromatic rings. The second-order valence-electron chi connectivity index (χ2n) is 9.39. The Balaban J connectivity index is 1.44. The molecular weight excluding hydrogens is 516 g/mol. The van der Waals surface area contributed by atoms with Gasteiger partial charge in [0, 0.05) is 12.6 Å². The molecule has 3 fully saturated rings. The number of ether oxygens (including phenoxy) is 1. The Morgan fingerprint density at radius 2 is 1.74 bits per heavy atom. The van der Waals surface area contributed by atoms with Crippen molar-refractivity contribution in [3.63, 3.8) is 0 Å². The third kappa shape index (κ3) is 10.3. The molecule has 6 N–H and O–H groups in total. The third-order valence-electron chi connectivity index (χ3n) is 6.47. The van der Waals surface area contributed by atoms with Gasteiger partial charge in [0.1, 0.15) is 41.0 Å². The topological polar surface area (TPSA) is 122 Å². The Kier molecular flexibility index (Phi) is 11.4. The molecule has 9 nitrogen and oxygen atoms in total. The maximum absolute atomic E-state index is 13.7. The molecular formula is C20H37ClF4N6O3S. The molecule has 35 heavy (non-hydrogen) atoms. The van der Waals surface area contributed by atoms with Crippen LogP contribution in [0.3, 0.4) is 0 Å². The first-order chi connectivity index (χ1) is 16.5. The number of nitrogens with one attached hydrogen (secondary N) is 6. The molecule has 2 saturated carbocycles. The number of hydrogen-bond donors (Lipinski definition) is 6. The van der Waals surface area contributed by atoms with Gasteiger partial charge in [0.25, 0.3) is 0 Å². The van der Waals surface area contributed by atoms with Gasteiger partial charge in [-0.15, -0.1) is 16.3 Å². The zero-order valence-electron chi connectivity index (χ0n) is 19.5. The second-order valence-corrected chi connectivity index (χ2v) is 12.0. The summed E-state index contributed by atoms with van der Waals surface area (Å²) in [6.45, 7) is -0.778. The van der Waals surface area contributed by atoms with Crippen LogP contribution in [0.4, 0.5) is 17.6 Å². The predicted molar refractivity (Wildman–Crippen MR) is 124 cm³/mol. The predicted octanol–water partition coefficient (Wildman–Crippen LogP) is 1.73. The van der Waals surface area contributed by atoms with Crippen molar-refractivity contribution in [2.45, 2.75) is 106 Å². The van der Waals surface area contributed by atoms with E-state index in [1.807, 2.05) is 0 Å². The Labute approximate surface area is 210 Å². The Hall–Kier alpha value is -0.160. The van der Waals surface area contributed by atoms with E-state index in [-0.39, 0.29) is 17.8 Å². The summed E-state index contributed by atoms with van der Waals surface area (Å²) in [6, 6.07) is -0.120. The largest absolute Gasteiger partial charge is 0.598 e. The fraction of sp³-hybridized carbons (Fsp3) is 1.00. The summed E-state index contributed by atoms with van der Waals surface area (Å²) in [4.78, 5) is 0. The van der Waals surface area contributed by atoms with E-state index in [0.29, 0.717) is 45.1 Å². The number of hydrogen-bond acceptors (Lipinski definition) is 8. The SMILES string of the molecule is O=[S+]([O-])(NCCCNC1NC(NC2CCC(F)C(Cl)C2)NC(OCC(F)(F)F)N1)C1CCCCC1. The van der Waals surface area contributed by atoms with Gasteiger partial charge in [0.2, 0.25) is 0 Å². The summed E-state index contributed by atoms with van der Waals surface area (Å²) in [5.41, 5.74) is 0. The van der Waals surface area contributed by atoms with Crippen LogP contribution in [0.2, 0.25) is 0 Å². The maximum Gasteiger partial charge on any atom is 0.411 e. The summed E-state index contributed by atoms with van der Waals surface area (Å²) in [7, 11) is -3.35. The van der Waals surface area contributed by atoms with E-state index in [1.54, 1.807) is 0 Å². The molecule has 3 rings (SSSR count). The zero-order valence-corrected chi connectivity index (χ0v) is 21.1. The second kappa shape index (κ2) is 13.6. The van der Waals surface area contributed by atoms with Gasteiger partial charge in [-0.3, -0.25) is 26.6 Å². The standard InChI is InChI=1S/C20H37ClF4N6O3S/c21-15-11-13(7-8-16(15)22)28-18-29-17(30-19(31-18)34-12-20(23,24)25)26-9-4-10-27-35(32,33)14-5-2-1-3-6-14/h13-19,26,28-31H,1-12H2,(H-,27,32,33). The highest BCUT2D eigenvalue weighted by Crippen LogP contribution is 2.27. The van der Waals surface area contributed by atoms with Crippen LogP contribution in [0.15, 0.2) is 0 Å². The van der Waals surface area contributed by atoms with Gasteiger partial charge in [0.05, 0.1) is 5.38 Å². The highest BCUT2D eigenvalue weighted by atomic mass is 35.5. The van der Waals surface area contributed by atoms with Crippen LogP contribution in [0.1, 0.15) is 57.8 Å². The molecule has 2 aliphatic carbocycles. The molecule has 0 aromatic carbocycles. The average Bonchev–Trinajstić information content (AvgIpc) is 2.80. The third-order valence-corrected chi connectivity index (χ3v) is 8.88. The summed E-state index contributed by atoms with van der Waals surface area (Å²) in [6.07, 6.45) is -1.89. The molecule has 0 bridgehead atoms. The first-order valence-electron chi connectivity index (χ1n) is 12.2. The lowest BCUT2D eigenvalue weighted by Gasteiger charge is -2.41. The number of rotatable bonds is 11. The number of halogens is 5. The molecule has 0 spiro atoms. The van der Waals surface area contributed by atoms with Crippen LogP contribution in [0.5, 0.6) is 0 Å². The maximum atomic E-state index is 13.7. The molecule has 7 atom stereocenters. The van der Waals surface area contributed by atoms with Crippen molar-refractivity contribution in [1.82, 2.24) is 31.3 Å². The Bertz CT molecular complexity index is 694. The van der Waals surface area contributed by atoms with Crippen LogP contribution >= 0.6 is 11.6 Å². The van der Waals surface area contributed by atoms with Crippen molar-refractivity contribution in [2.75, 3.05) is 19.7 Å². The van der Waals surface area contributed by atoms with Gasteiger partial charge >= 0.3 is 6.18 Å². The monoisotopic (exact) mass is 552 g/mol. The van der Waals surface area contributed by atoms with E-state index in [4.69, 9.17) is 16.3 Å². The van der Waals surface area contributed by atoms with Crippen molar-refractivity contribution >= 4 is 22.0 Å². The minimum atomic E-state index is -4.49. The smallest absolute Gasteiger partial charge is 0.411 e. The number of sulfonamides is 1. The van der Waals surface area contributed by atoms with Gasteiger partial charge in [-0.25, -0.2) is 4.39 Å².